The molecule has 90 valence electrons. The number of hydrogen-bond acceptors (Lipinski definition) is 2. The third-order valence-electron chi connectivity index (χ3n) is 2.75. The van der Waals surface area contributed by atoms with Crippen molar-refractivity contribution in [2.24, 2.45) is 0 Å². The van der Waals surface area contributed by atoms with Crippen LogP contribution in [-0.2, 0) is 0 Å². The van der Waals surface area contributed by atoms with Crippen molar-refractivity contribution in [3.05, 3.63) is 33.3 Å². The number of methoxy groups -OCH3 is 2. The Morgan fingerprint density at radius 1 is 1.06 bits per heavy atom. The molecule has 0 aromatic heterocycles. The van der Waals surface area contributed by atoms with Gasteiger partial charge in [-0.15, -0.1) is 0 Å². The normalized spacial score (nSPS) is 10.6. The van der Waals surface area contributed by atoms with Crippen LogP contribution >= 0.6 is 27.5 Å². The third kappa shape index (κ3) is 1.98. The van der Waals surface area contributed by atoms with Gasteiger partial charge in [0, 0.05) is 20.8 Å². The van der Waals surface area contributed by atoms with Crippen LogP contribution in [0.2, 0.25) is 5.02 Å². The minimum Gasteiger partial charge on any atom is -0.496 e. The van der Waals surface area contributed by atoms with Gasteiger partial charge in [-0.05, 0) is 25.1 Å². The van der Waals surface area contributed by atoms with Crippen molar-refractivity contribution in [3.63, 3.8) is 0 Å². The van der Waals surface area contributed by atoms with Crippen LogP contribution in [-0.4, -0.2) is 14.2 Å². The van der Waals surface area contributed by atoms with Gasteiger partial charge in [0.05, 0.1) is 19.2 Å². The first-order chi connectivity index (χ1) is 8.10. The van der Waals surface area contributed by atoms with Gasteiger partial charge in [0.15, 0.2) is 0 Å². The second-order valence-corrected chi connectivity index (χ2v) is 4.99. The molecule has 0 aliphatic carbocycles. The Bertz CT molecular complexity index is 581. The van der Waals surface area contributed by atoms with Crippen molar-refractivity contribution in [2.45, 2.75) is 6.92 Å². The minimum absolute atomic E-state index is 0.593. The molecule has 0 amide bonds. The highest BCUT2D eigenvalue weighted by Gasteiger charge is 2.16. The van der Waals surface area contributed by atoms with Gasteiger partial charge in [0.2, 0.25) is 0 Å². The van der Waals surface area contributed by atoms with E-state index in [2.05, 4.69) is 15.9 Å². The van der Waals surface area contributed by atoms with Crippen LogP contribution in [0.4, 0.5) is 0 Å². The van der Waals surface area contributed by atoms with Crippen LogP contribution in [0.5, 0.6) is 11.5 Å². The lowest BCUT2D eigenvalue weighted by atomic mass is 10.0. The fourth-order valence-corrected chi connectivity index (χ4v) is 2.58. The van der Waals surface area contributed by atoms with Gasteiger partial charge in [-0.2, -0.15) is 0 Å². The van der Waals surface area contributed by atoms with E-state index >= 15 is 0 Å². The molecule has 0 radical (unpaired) electrons. The summed E-state index contributed by atoms with van der Waals surface area (Å²) in [5.74, 6) is 1.47. The van der Waals surface area contributed by atoms with Crippen LogP contribution in [0.15, 0.2) is 22.7 Å². The maximum atomic E-state index is 6.29. The fraction of sp³-hybridized carbons (Fsp3) is 0.231. The number of hydrogen-bond donors (Lipinski definition) is 0. The van der Waals surface area contributed by atoms with Gasteiger partial charge in [-0.1, -0.05) is 27.5 Å². The molecule has 0 N–H and O–H groups in total. The Morgan fingerprint density at radius 3 is 2.29 bits per heavy atom. The van der Waals surface area contributed by atoms with Gasteiger partial charge in [0.25, 0.3) is 0 Å². The highest BCUT2D eigenvalue weighted by molar-refractivity contribution is 9.10. The van der Waals surface area contributed by atoms with Crippen LogP contribution in [0, 0.1) is 6.92 Å². The molecule has 0 aliphatic heterocycles. The molecule has 0 aliphatic rings. The zero-order valence-electron chi connectivity index (χ0n) is 9.80. The highest BCUT2D eigenvalue weighted by atomic mass is 79.9. The first kappa shape index (κ1) is 12.5. The van der Waals surface area contributed by atoms with E-state index in [9.17, 15) is 0 Å². The SMILES string of the molecule is COc1c(C)c(Cl)c(OC)c2cc(Br)ccc12. The Hall–Kier alpha value is -0.930. The first-order valence-electron chi connectivity index (χ1n) is 5.09. The van der Waals surface area contributed by atoms with E-state index < -0.39 is 0 Å². The Kier molecular flexibility index (Phi) is 3.50. The molecular formula is C13H12BrClO2. The van der Waals surface area contributed by atoms with Crippen LogP contribution in [0.1, 0.15) is 5.56 Å². The van der Waals surface area contributed by atoms with E-state index in [1.807, 2.05) is 25.1 Å². The molecule has 2 rings (SSSR count). The van der Waals surface area contributed by atoms with Crippen molar-refractivity contribution >= 4 is 38.3 Å². The standard InChI is InChI=1S/C13H12BrClO2/c1-7-11(15)13(17-3)10-6-8(14)4-5-9(10)12(7)16-2/h4-6H,1-3H3. The van der Waals surface area contributed by atoms with Crippen molar-refractivity contribution in [2.75, 3.05) is 14.2 Å². The lowest BCUT2D eigenvalue weighted by molar-refractivity contribution is 0.408. The second kappa shape index (κ2) is 4.75. The van der Waals surface area contributed by atoms with Gasteiger partial charge >= 0.3 is 0 Å². The Balaban J connectivity index is 2.96. The largest absolute Gasteiger partial charge is 0.496 e. The van der Waals surface area contributed by atoms with Gasteiger partial charge in [0.1, 0.15) is 11.5 Å². The highest BCUT2D eigenvalue weighted by Crippen LogP contribution is 2.43. The first-order valence-corrected chi connectivity index (χ1v) is 6.26. The van der Waals surface area contributed by atoms with E-state index in [0.717, 1.165) is 26.6 Å². The van der Waals surface area contributed by atoms with E-state index in [0.29, 0.717) is 10.8 Å². The number of rotatable bonds is 2. The summed E-state index contributed by atoms with van der Waals surface area (Å²) in [4.78, 5) is 0. The molecule has 0 atom stereocenters. The summed E-state index contributed by atoms with van der Waals surface area (Å²) in [7, 11) is 3.26. The molecule has 0 heterocycles. The molecular weight excluding hydrogens is 303 g/mol. The van der Waals surface area contributed by atoms with Gasteiger partial charge in [-0.3, -0.25) is 0 Å². The molecule has 0 spiro atoms. The molecule has 0 saturated heterocycles. The summed E-state index contributed by atoms with van der Waals surface area (Å²) < 4.78 is 11.8. The second-order valence-electron chi connectivity index (χ2n) is 3.70. The molecule has 2 aromatic rings. The van der Waals surface area contributed by atoms with Crippen LogP contribution in [0.25, 0.3) is 10.8 Å². The Morgan fingerprint density at radius 2 is 1.71 bits per heavy atom. The average Bonchev–Trinajstić information content (AvgIpc) is 2.32. The van der Waals surface area contributed by atoms with Crippen molar-refractivity contribution in [3.8, 4) is 11.5 Å². The lowest BCUT2D eigenvalue weighted by Gasteiger charge is -2.15. The Labute approximate surface area is 114 Å². The average molecular weight is 316 g/mol. The molecule has 0 unspecified atom stereocenters. The number of ether oxygens (including phenoxy) is 2. The monoisotopic (exact) mass is 314 g/mol. The number of halogens is 2. The maximum absolute atomic E-state index is 6.29. The quantitative estimate of drug-likeness (QED) is 0.807. The fourth-order valence-electron chi connectivity index (χ4n) is 1.96. The van der Waals surface area contributed by atoms with Crippen LogP contribution in [0.3, 0.4) is 0 Å². The van der Waals surface area contributed by atoms with Gasteiger partial charge in [-0.25, -0.2) is 0 Å². The minimum atomic E-state index is 0.593. The summed E-state index contributed by atoms with van der Waals surface area (Å²) in [5.41, 5.74) is 0.890. The lowest BCUT2D eigenvalue weighted by Crippen LogP contribution is -1.94. The van der Waals surface area contributed by atoms with Gasteiger partial charge < -0.3 is 9.47 Å². The maximum Gasteiger partial charge on any atom is 0.145 e. The zero-order chi connectivity index (χ0) is 12.6. The van der Waals surface area contributed by atoms with Crippen molar-refractivity contribution in [1.82, 2.24) is 0 Å². The predicted molar refractivity (Wildman–Crippen MR) is 74.5 cm³/mol. The summed E-state index contributed by atoms with van der Waals surface area (Å²) in [6.45, 7) is 1.92. The van der Waals surface area contributed by atoms with E-state index in [1.54, 1.807) is 14.2 Å². The summed E-state index contributed by atoms with van der Waals surface area (Å²) in [6.07, 6.45) is 0. The van der Waals surface area contributed by atoms with E-state index in [4.69, 9.17) is 21.1 Å². The van der Waals surface area contributed by atoms with E-state index in [-0.39, 0.29) is 0 Å². The molecule has 2 aromatic carbocycles. The third-order valence-corrected chi connectivity index (χ3v) is 3.70. The summed E-state index contributed by atoms with van der Waals surface area (Å²) >= 11 is 9.73. The molecule has 0 fully saturated rings. The summed E-state index contributed by atoms with van der Waals surface area (Å²) in [6, 6.07) is 5.93. The topological polar surface area (TPSA) is 18.5 Å². The predicted octanol–water partition coefficient (Wildman–Crippen LogP) is 4.58. The zero-order valence-corrected chi connectivity index (χ0v) is 12.1. The summed E-state index contributed by atoms with van der Waals surface area (Å²) in [5, 5.41) is 2.53. The van der Waals surface area contributed by atoms with Crippen molar-refractivity contribution < 1.29 is 9.47 Å². The molecule has 2 nitrogen and oxygen atoms in total. The smallest absolute Gasteiger partial charge is 0.145 e. The molecule has 0 bridgehead atoms. The molecule has 17 heavy (non-hydrogen) atoms. The molecule has 4 heteroatoms. The number of fused-ring (bicyclic) bond motifs is 1. The number of benzene rings is 2. The van der Waals surface area contributed by atoms with Crippen molar-refractivity contribution in [1.29, 1.82) is 0 Å². The van der Waals surface area contributed by atoms with Crippen LogP contribution < -0.4 is 9.47 Å². The molecule has 0 saturated carbocycles. The van der Waals surface area contributed by atoms with E-state index in [1.165, 1.54) is 0 Å².